The minimum atomic E-state index is -0.863. The van der Waals surface area contributed by atoms with Crippen LogP contribution in [0.15, 0.2) is 0 Å². The lowest BCUT2D eigenvalue weighted by atomic mass is 9.90. The summed E-state index contributed by atoms with van der Waals surface area (Å²) in [7, 11) is 0. The van der Waals surface area contributed by atoms with E-state index in [1.54, 1.807) is 13.8 Å². The van der Waals surface area contributed by atoms with Crippen LogP contribution in [0.3, 0.4) is 0 Å². The number of amides is 2. The van der Waals surface area contributed by atoms with Gasteiger partial charge in [-0.2, -0.15) is 5.10 Å². The van der Waals surface area contributed by atoms with Crippen LogP contribution in [0, 0.1) is 19.3 Å². The van der Waals surface area contributed by atoms with Gasteiger partial charge in [0, 0.05) is 13.1 Å². The lowest BCUT2D eigenvalue weighted by molar-refractivity contribution is -0.146. The third kappa shape index (κ3) is 2.40. The second-order valence-corrected chi connectivity index (χ2v) is 5.28. The van der Waals surface area contributed by atoms with Gasteiger partial charge in [-0.1, -0.05) is 0 Å². The molecule has 1 aromatic rings. The van der Waals surface area contributed by atoms with Crippen molar-refractivity contribution in [2.45, 2.75) is 27.2 Å². The Kier molecular flexibility index (Phi) is 3.21. The van der Waals surface area contributed by atoms with Gasteiger partial charge in [0.2, 0.25) is 0 Å². The number of carbonyl (C=O) groups is 2. The van der Waals surface area contributed by atoms with E-state index in [4.69, 9.17) is 5.11 Å². The summed E-state index contributed by atoms with van der Waals surface area (Å²) in [5.74, 6) is -0.863. The van der Waals surface area contributed by atoms with Gasteiger partial charge in [-0.25, -0.2) is 4.79 Å². The van der Waals surface area contributed by atoms with Gasteiger partial charge in [-0.15, -0.1) is 0 Å². The van der Waals surface area contributed by atoms with Crippen LogP contribution in [0.2, 0.25) is 0 Å². The number of carboxylic acids is 1. The molecule has 7 heteroatoms. The summed E-state index contributed by atoms with van der Waals surface area (Å²) in [6.07, 6.45) is 0.471. The Hall–Kier alpha value is -2.05. The highest BCUT2D eigenvalue weighted by molar-refractivity contribution is 5.91. The first-order valence-electron chi connectivity index (χ1n) is 6.14. The molecule has 0 bridgehead atoms. The number of H-pyrrole nitrogens is 1. The summed E-state index contributed by atoms with van der Waals surface area (Å²) >= 11 is 0. The molecule has 2 heterocycles. The van der Waals surface area contributed by atoms with Crippen LogP contribution in [0.5, 0.6) is 0 Å². The second-order valence-electron chi connectivity index (χ2n) is 5.28. The number of likely N-dealkylation sites (tertiary alicyclic amines) is 1. The van der Waals surface area contributed by atoms with Crippen LogP contribution >= 0.6 is 0 Å². The van der Waals surface area contributed by atoms with Crippen molar-refractivity contribution in [3.63, 3.8) is 0 Å². The molecule has 0 aliphatic carbocycles. The van der Waals surface area contributed by atoms with Crippen molar-refractivity contribution in [1.29, 1.82) is 0 Å². The van der Waals surface area contributed by atoms with Crippen LogP contribution in [-0.4, -0.2) is 45.3 Å². The summed E-state index contributed by atoms with van der Waals surface area (Å²) in [5, 5.41) is 18.7. The number of aromatic amines is 1. The maximum absolute atomic E-state index is 12.1. The molecule has 1 atom stereocenters. The topological polar surface area (TPSA) is 98.3 Å². The van der Waals surface area contributed by atoms with Crippen molar-refractivity contribution in [1.82, 2.24) is 15.1 Å². The zero-order valence-electron chi connectivity index (χ0n) is 11.3. The van der Waals surface area contributed by atoms with Crippen LogP contribution in [0.1, 0.15) is 24.7 Å². The fourth-order valence-corrected chi connectivity index (χ4v) is 2.23. The number of urea groups is 1. The van der Waals surface area contributed by atoms with E-state index in [1.807, 2.05) is 6.92 Å². The average molecular weight is 266 g/mol. The Balaban J connectivity index is 2.05. The molecular weight excluding hydrogens is 248 g/mol. The first kappa shape index (κ1) is 13.4. The quantitative estimate of drug-likeness (QED) is 0.752. The van der Waals surface area contributed by atoms with Crippen molar-refractivity contribution < 1.29 is 14.7 Å². The first-order chi connectivity index (χ1) is 8.83. The fraction of sp³-hybridized carbons (Fsp3) is 0.583. The standard InChI is InChI=1S/C12H18N4O3/c1-7-9(8(2)15-14-7)13-11(19)16-5-4-12(3,6-16)10(17)18/h4-6H2,1-3H3,(H,13,19)(H,14,15)(H,17,18). The number of carbonyl (C=O) groups excluding carboxylic acids is 1. The highest BCUT2D eigenvalue weighted by Crippen LogP contribution is 2.30. The molecule has 0 aromatic carbocycles. The van der Waals surface area contributed by atoms with Gasteiger partial charge in [0.25, 0.3) is 0 Å². The molecule has 1 aliphatic heterocycles. The number of anilines is 1. The predicted molar refractivity (Wildman–Crippen MR) is 69.0 cm³/mol. The van der Waals surface area contributed by atoms with E-state index in [0.29, 0.717) is 24.3 Å². The molecule has 19 heavy (non-hydrogen) atoms. The molecular formula is C12H18N4O3. The van der Waals surface area contributed by atoms with E-state index >= 15 is 0 Å². The summed E-state index contributed by atoms with van der Waals surface area (Å²) < 4.78 is 0. The van der Waals surface area contributed by atoms with Gasteiger partial charge in [0.1, 0.15) is 0 Å². The van der Waals surface area contributed by atoms with E-state index in [-0.39, 0.29) is 12.6 Å². The number of carboxylic acid groups (broad SMARTS) is 1. The van der Waals surface area contributed by atoms with E-state index in [1.165, 1.54) is 4.90 Å². The average Bonchev–Trinajstić information content (AvgIpc) is 2.88. The van der Waals surface area contributed by atoms with Gasteiger partial charge in [0.15, 0.2) is 0 Å². The normalized spacial score (nSPS) is 22.6. The molecule has 0 spiro atoms. The van der Waals surface area contributed by atoms with Crippen LogP contribution in [0.4, 0.5) is 10.5 Å². The van der Waals surface area contributed by atoms with Crippen LogP contribution in [-0.2, 0) is 4.79 Å². The number of aliphatic carboxylic acids is 1. The summed E-state index contributed by atoms with van der Waals surface area (Å²) in [6.45, 7) is 5.96. The Morgan fingerprint density at radius 2 is 2.16 bits per heavy atom. The Morgan fingerprint density at radius 1 is 1.47 bits per heavy atom. The molecule has 1 aromatic heterocycles. The number of hydrogen-bond donors (Lipinski definition) is 3. The van der Waals surface area contributed by atoms with E-state index in [2.05, 4.69) is 15.5 Å². The van der Waals surface area contributed by atoms with E-state index in [9.17, 15) is 9.59 Å². The zero-order valence-corrected chi connectivity index (χ0v) is 11.3. The molecule has 3 N–H and O–H groups in total. The van der Waals surface area contributed by atoms with Crippen LogP contribution in [0.25, 0.3) is 0 Å². The number of rotatable bonds is 2. The molecule has 1 aliphatic rings. The second kappa shape index (κ2) is 4.56. The highest BCUT2D eigenvalue weighted by atomic mass is 16.4. The van der Waals surface area contributed by atoms with Gasteiger partial charge in [0.05, 0.1) is 22.5 Å². The number of aryl methyl sites for hydroxylation is 2. The summed E-state index contributed by atoms with van der Waals surface area (Å²) in [4.78, 5) is 24.8. The zero-order chi connectivity index (χ0) is 14.2. The smallest absolute Gasteiger partial charge is 0.321 e. The molecule has 7 nitrogen and oxygen atoms in total. The third-order valence-electron chi connectivity index (χ3n) is 3.64. The van der Waals surface area contributed by atoms with E-state index in [0.717, 1.165) is 5.69 Å². The maximum Gasteiger partial charge on any atom is 0.321 e. The molecule has 1 unspecified atom stereocenters. The Labute approximate surface area is 111 Å². The molecule has 1 fully saturated rings. The Morgan fingerprint density at radius 3 is 2.63 bits per heavy atom. The number of aromatic nitrogens is 2. The van der Waals surface area contributed by atoms with Gasteiger partial charge < -0.3 is 15.3 Å². The van der Waals surface area contributed by atoms with Crippen molar-refractivity contribution >= 4 is 17.7 Å². The molecule has 1 saturated heterocycles. The highest BCUT2D eigenvalue weighted by Gasteiger charge is 2.42. The predicted octanol–water partition coefficient (Wildman–Crippen LogP) is 1.36. The van der Waals surface area contributed by atoms with Crippen molar-refractivity contribution in [2.75, 3.05) is 18.4 Å². The largest absolute Gasteiger partial charge is 0.481 e. The number of nitrogens with one attached hydrogen (secondary N) is 2. The van der Waals surface area contributed by atoms with Crippen molar-refractivity contribution in [3.8, 4) is 0 Å². The fourth-order valence-electron chi connectivity index (χ4n) is 2.23. The van der Waals surface area contributed by atoms with Gasteiger partial charge in [-0.3, -0.25) is 9.89 Å². The lowest BCUT2D eigenvalue weighted by Gasteiger charge is -2.20. The monoisotopic (exact) mass is 266 g/mol. The molecule has 2 rings (SSSR count). The lowest BCUT2D eigenvalue weighted by Crippen LogP contribution is -2.37. The Bertz CT molecular complexity index is 506. The molecule has 0 saturated carbocycles. The number of hydrogen-bond acceptors (Lipinski definition) is 3. The van der Waals surface area contributed by atoms with Crippen molar-refractivity contribution in [3.05, 3.63) is 11.4 Å². The molecule has 104 valence electrons. The third-order valence-corrected chi connectivity index (χ3v) is 3.64. The van der Waals surface area contributed by atoms with Gasteiger partial charge in [-0.05, 0) is 27.2 Å². The molecule has 0 radical (unpaired) electrons. The number of nitrogens with zero attached hydrogens (tertiary/aromatic N) is 2. The maximum atomic E-state index is 12.1. The summed E-state index contributed by atoms with van der Waals surface area (Å²) in [5.41, 5.74) is 1.31. The van der Waals surface area contributed by atoms with Gasteiger partial charge >= 0.3 is 12.0 Å². The molecule has 2 amide bonds. The SMILES string of the molecule is Cc1n[nH]c(C)c1NC(=O)N1CCC(C)(C(=O)O)C1. The van der Waals surface area contributed by atoms with Crippen molar-refractivity contribution in [2.24, 2.45) is 5.41 Å². The minimum Gasteiger partial charge on any atom is -0.481 e. The summed E-state index contributed by atoms with van der Waals surface area (Å²) in [6, 6.07) is -0.280. The minimum absolute atomic E-state index is 0.226. The van der Waals surface area contributed by atoms with E-state index < -0.39 is 11.4 Å². The van der Waals surface area contributed by atoms with Crippen LogP contribution < -0.4 is 5.32 Å². The first-order valence-corrected chi connectivity index (χ1v) is 6.14.